The van der Waals surface area contributed by atoms with E-state index in [4.69, 9.17) is 0 Å². The normalized spacial score (nSPS) is 19.4. The standard InChI is InChI=1S/C18H27FN2O/c1-14(2)20-18(22)13-21-11-3-4-16(12-21)6-5-15-7-9-17(19)10-8-15/h7-10,14,16H,3-6,11-13H2,1-2H3,(H,20,22)/t16-/m1/s1. The maximum atomic E-state index is 12.9. The number of hydrogen-bond acceptors (Lipinski definition) is 2. The lowest BCUT2D eigenvalue weighted by molar-refractivity contribution is -0.123. The fourth-order valence-corrected chi connectivity index (χ4v) is 3.12. The van der Waals surface area contributed by atoms with Gasteiger partial charge in [0.1, 0.15) is 5.82 Å². The molecule has 2 rings (SSSR count). The van der Waals surface area contributed by atoms with E-state index in [1.54, 1.807) is 0 Å². The van der Waals surface area contributed by atoms with Gasteiger partial charge in [0.2, 0.25) is 5.91 Å². The number of likely N-dealkylation sites (tertiary alicyclic amines) is 1. The van der Waals surface area contributed by atoms with Crippen molar-refractivity contribution in [2.45, 2.75) is 45.6 Å². The van der Waals surface area contributed by atoms with Gasteiger partial charge in [0.05, 0.1) is 6.54 Å². The summed E-state index contributed by atoms with van der Waals surface area (Å²) in [5.74, 6) is 0.573. The zero-order valence-electron chi connectivity index (χ0n) is 13.6. The monoisotopic (exact) mass is 306 g/mol. The average molecular weight is 306 g/mol. The first-order chi connectivity index (χ1) is 10.5. The van der Waals surface area contributed by atoms with Gasteiger partial charge >= 0.3 is 0 Å². The second-order valence-corrected chi connectivity index (χ2v) is 6.63. The Morgan fingerprint density at radius 1 is 1.36 bits per heavy atom. The van der Waals surface area contributed by atoms with Crippen LogP contribution in [0.4, 0.5) is 4.39 Å². The third-order valence-corrected chi connectivity index (χ3v) is 4.17. The van der Waals surface area contributed by atoms with Crippen LogP contribution in [0, 0.1) is 11.7 Å². The van der Waals surface area contributed by atoms with Crippen LogP contribution in [0.25, 0.3) is 0 Å². The Kier molecular flexibility index (Phi) is 6.37. The minimum Gasteiger partial charge on any atom is -0.353 e. The summed E-state index contributed by atoms with van der Waals surface area (Å²) in [6.45, 7) is 6.48. The molecule has 4 heteroatoms. The predicted molar refractivity (Wildman–Crippen MR) is 87.2 cm³/mol. The zero-order chi connectivity index (χ0) is 15.9. The van der Waals surface area contributed by atoms with Gasteiger partial charge in [0.15, 0.2) is 0 Å². The molecule has 1 aliphatic heterocycles. The Balaban J connectivity index is 1.75. The molecular formula is C18H27FN2O. The van der Waals surface area contributed by atoms with Crippen LogP contribution in [0.1, 0.15) is 38.7 Å². The van der Waals surface area contributed by atoms with Crippen molar-refractivity contribution < 1.29 is 9.18 Å². The maximum absolute atomic E-state index is 12.9. The molecule has 0 spiro atoms. The number of hydrogen-bond donors (Lipinski definition) is 1. The third-order valence-electron chi connectivity index (χ3n) is 4.17. The highest BCUT2D eigenvalue weighted by molar-refractivity contribution is 5.78. The first-order valence-corrected chi connectivity index (χ1v) is 8.29. The fourth-order valence-electron chi connectivity index (χ4n) is 3.12. The lowest BCUT2D eigenvalue weighted by Gasteiger charge is -2.32. The molecule has 1 N–H and O–H groups in total. The van der Waals surface area contributed by atoms with Gasteiger partial charge in [0, 0.05) is 12.6 Å². The van der Waals surface area contributed by atoms with E-state index in [1.807, 2.05) is 26.0 Å². The molecule has 1 aromatic rings. The zero-order valence-corrected chi connectivity index (χ0v) is 13.6. The second-order valence-electron chi connectivity index (χ2n) is 6.63. The average Bonchev–Trinajstić information content (AvgIpc) is 2.46. The molecule has 0 radical (unpaired) electrons. The van der Waals surface area contributed by atoms with E-state index in [0.717, 1.165) is 32.4 Å². The molecule has 0 aliphatic carbocycles. The minimum absolute atomic E-state index is 0.120. The molecule has 1 aliphatic rings. The molecular weight excluding hydrogens is 279 g/mol. The van der Waals surface area contributed by atoms with E-state index in [1.165, 1.54) is 24.1 Å². The minimum atomic E-state index is -0.177. The molecule has 1 amide bonds. The summed E-state index contributed by atoms with van der Waals surface area (Å²) in [6, 6.07) is 6.99. The molecule has 1 heterocycles. The molecule has 3 nitrogen and oxygen atoms in total. The molecule has 122 valence electrons. The third kappa shape index (κ3) is 5.76. The van der Waals surface area contributed by atoms with Crippen molar-refractivity contribution in [3.8, 4) is 0 Å². The molecule has 1 aromatic carbocycles. The summed E-state index contributed by atoms with van der Waals surface area (Å²) in [5, 5.41) is 2.95. The Labute approximate surface area is 132 Å². The predicted octanol–water partition coefficient (Wildman–Crippen LogP) is 2.99. The highest BCUT2D eigenvalue weighted by atomic mass is 19.1. The van der Waals surface area contributed by atoms with Gasteiger partial charge < -0.3 is 5.32 Å². The second kappa shape index (κ2) is 8.28. The van der Waals surface area contributed by atoms with E-state index >= 15 is 0 Å². The molecule has 1 atom stereocenters. The summed E-state index contributed by atoms with van der Waals surface area (Å²) >= 11 is 0. The van der Waals surface area contributed by atoms with Crippen LogP contribution in [-0.2, 0) is 11.2 Å². The van der Waals surface area contributed by atoms with Crippen molar-refractivity contribution in [1.29, 1.82) is 0 Å². The largest absolute Gasteiger partial charge is 0.353 e. The summed E-state index contributed by atoms with van der Waals surface area (Å²) in [5.41, 5.74) is 1.19. The number of amides is 1. The first kappa shape index (κ1) is 16.9. The van der Waals surface area contributed by atoms with E-state index in [9.17, 15) is 9.18 Å². The number of nitrogens with zero attached hydrogens (tertiary/aromatic N) is 1. The van der Waals surface area contributed by atoms with E-state index in [2.05, 4.69) is 10.2 Å². The number of piperidine rings is 1. The van der Waals surface area contributed by atoms with Gasteiger partial charge in [-0.2, -0.15) is 0 Å². The van der Waals surface area contributed by atoms with E-state index in [0.29, 0.717) is 12.5 Å². The van der Waals surface area contributed by atoms with Crippen LogP contribution in [0.15, 0.2) is 24.3 Å². The lowest BCUT2D eigenvalue weighted by Crippen LogP contribution is -2.44. The van der Waals surface area contributed by atoms with Crippen LogP contribution in [0.5, 0.6) is 0 Å². The van der Waals surface area contributed by atoms with Crippen molar-refractivity contribution >= 4 is 5.91 Å². The number of aryl methyl sites for hydroxylation is 1. The summed E-state index contributed by atoms with van der Waals surface area (Å²) in [6.07, 6.45) is 4.47. The number of rotatable bonds is 6. The number of carbonyl (C=O) groups is 1. The fraction of sp³-hybridized carbons (Fsp3) is 0.611. The van der Waals surface area contributed by atoms with Crippen LogP contribution < -0.4 is 5.32 Å². The lowest BCUT2D eigenvalue weighted by atomic mass is 9.91. The molecule has 0 unspecified atom stereocenters. The van der Waals surface area contributed by atoms with Gasteiger partial charge in [-0.15, -0.1) is 0 Å². The Hall–Kier alpha value is -1.42. The highest BCUT2D eigenvalue weighted by Gasteiger charge is 2.21. The van der Waals surface area contributed by atoms with Crippen LogP contribution >= 0.6 is 0 Å². The number of carbonyl (C=O) groups excluding carboxylic acids is 1. The Morgan fingerprint density at radius 3 is 2.77 bits per heavy atom. The van der Waals surface area contributed by atoms with Gasteiger partial charge in [-0.05, 0) is 69.7 Å². The van der Waals surface area contributed by atoms with Crippen molar-refractivity contribution in [3.63, 3.8) is 0 Å². The summed E-state index contributed by atoms with van der Waals surface area (Å²) in [4.78, 5) is 14.1. The van der Waals surface area contributed by atoms with Crippen molar-refractivity contribution in [3.05, 3.63) is 35.6 Å². The van der Waals surface area contributed by atoms with Crippen LogP contribution in [0.3, 0.4) is 0 Å². The molecule has 0 aromatic heterocycles. The molecule has 1 saturated heterocycles. The van der Waals surface area contributed by atoms with Crippen molar-refractivity contribution in [1.82, 2.24) is 10.2 Å². The number of nitrogens with one attached hydrogen (secondary N) is 1. The van der Waals surface area contributed by atoms with Crippen LogP contribution in [0.2, 0.25) is 0 Å². The number of benzene rings is 1. The van der Waals surface area contributed by atoms with Gasteiger partial charge in [-0.3, -0.25) is 9.69 Å². The van der Waals surface area contributed by atoms with E-state index in [-0.39, 0.29) is 17.8 Å². The van der Waals surface area contributed by atoms with Crippen molar-refractivity contribution in [2.24, 2.45) is 5.92 Å². The van der Waals surface area contributed by atoms with Crippen LogP contribution in [-0.4, -0.2) is 36.5 Å². The first-order valence-electron chi connectivity index (χ1n) is 8.29. The topological polar surface area (TPSA) is 32.3 Å². The molecule has 22 heavy (non-hydrogen) atoms. The van der Waals surface area contributed by atoms with Gasteiger partial charge in [0.25, 0.3) is 0 Å². The maximum Gasteiger partial charge on any atom is 0.234 e. The van der Waals surface area contributed by atoms with Gasteiger partial charge in [-0.25, -0.2) is 4.39 Å². The van der Waals surface area contributed by atoms with Gasteiger partial charge in [-0.1, -0.05) is 12.1 Å². The summed E-state index contributed by atoms with van der Waals surface area (Å²) in [7, 11) is 0. The SMILES string of the molecule is CC(C)NC(=O)CN1CCC[C@H](CCc2ccc(F)cc2)C1. The smallest absolute Gasteiger partial charge is 0.234 e. The molecule has 0 bridgehead atoms. The quantitative estimate of drug-likeness (QED) is 0.876. The molecule has 1 fully saturated rings. The Bertz CT molecular complexity index is 472. The number of halogens is 1. The van der Waals surface area contributed by atoms with Crippen molar-refractivity contribution in [2.75, 3.05) is 19.6 Å². The highest BCUT2D eigenvalue weighted by Crippen LogP contribution is 2.21. The van der Waals surface area contributed by atoms with E-state index < -0.39 is 0 Å². The molecule has 0 saturated carbocycles. The summed E-state index contributed by atoms with van der Waals surface area (Å²) < 4.78 is 12.9. The Morgan fingerprint density at radius 2 is 2.09 bits per heavy atom.